The summed E-state index contributed by atoms with van der Waals surface area (Å²) < 4.78 is 0. The molecule has 1 aliphatic carbocycles. The SMILES string of the molecule is OCCC1CN(Cc2cccc(O)c2)CCN1C1CCCCC1. The van der Waals surface area contributed by atoms with Crippen LogP contribution >= 0.6 is 0 Å². The molecule has 1 aromatic rings. The van der Waals surface area contributed by atoms with Crippen LogP contribution in [-0.2, 0) is 6.54 Å². The van der Waals surface area contributed by atoms with E-state index in [1.807, 2.05) is 12.1 Å². The first-order valence-corrected chi connectivity index (χ1v) is 9.13. The molecular formula is C19H30N2O2. The van der Waals surface area contributed by atoms with Crippen LogP contribution in [0, 0.1) is 0 Å². The van der Waals surface area contributed by atoms with Crippen molar-refractivity contribution in [3.05, 3.63) is 29.8 Å². The molecule has 2 fully saturated rings. The molecule has 0 aromatic heterocycles. The number of hydrogen-bond acceptors (Lipinski definition) is 4. The van der Waals surface area contributed by atoms with Crippen LogP contribution in [0.1, 0.15) is 44.1 Å². The van der Waals surface area contributed by atoms with E-state index in [2.05, 4.69) is 15.9 Å². The van der Waals surface area contributed by atoms with E-state index in [4.69, 9.17) is 0 Å². The molecule has 1 saturated heterocycles. The number of phenolic OH excluding ortho intramolecular Hbond substituents is 1. The van der Waals surface area contributed by atoms with Crippen molar-refractivity contribution in [2.24, 2.45) is 0 Å². The number of hydrogen-bond donors (Lipinski definition) is 2. The maximum absolute atomic E-state index is 9.63. The normalized spacial score (nSPS) is 24.8. The summed E-state index contributed by atoms with van der Waals surface area (Å²) in [5, 5.41) is 19.1. The van der Waals surface area contributed by atoms with Crippen LogP contribution in [0.3, 0.4) is 0 Å². The molecule has 1 heterocycles. The Morgan fingerprint density at radius 2 is 1.91 bits per heavy atom. The van der Waals surface area contributed by atoms with Crippen LogP contribution in [0.5, 0.6) is 5.75 Å². The predicted molar refractivity (Wildman–Crippen MR) is 92.5 cm³/mol. The topological polar surface area (TPSA) is 46.9 Å². The van der Waals surface area contributed by atoms with Crippen LogP contribution in [0.25, 0.3) is 0 Å². The predicted octanol–water partition coefficient (Wildman–Crippen LogP) is 2.59. The van der Waals surface area contributed by atoms with E-state index in [-0.39, 0.29) is 6.61 Å². The number of benzene rings is 1. The molecule has 23 heavy (non-hydrogen) atoms. The number of rotatable bonds is 5. The lowest BCUT2D eigenvalue weighted by molar-refractivity contribution is 0.0136. The van der Waals surface area contributed by atoms with E-state index in [1.165, 1.54) is 37.7 Å². The Labute approximate surface area is 139 Å². The zero-order chi connectivity index (χ0) is 16.1. The van der Waals surface area contributed by atoms with Gasteiger partial charge >= 0.3 is 0 Å². The van der Waals surface area contributed by atoms with Crippen molar-refractivity contribution < 1.29 is 10.2 Å². The maximum atomic E-state index is 9.63. The minimum Gasteiger partial charge on any atom is -0.508 e. The lowest BCUT2D eigenvalue weighted by Gasteiger charge is -2.46. The van der Waals surface area contributed by atoms with Crippen LogP contribution in [0.15, 0.2) is 24.3 Å². The zero-order valence-corrected chi connectivity index (χ0v) is 14.0. The smallest absolute Gasteiger partial charge is 0.115 e. The molecule has 0 bridgehead atoms. The molecule has 0 spiro atoms. The number of nitrogens with zero attached hydrogens (tertiary/aromatic N) is 2. The Morgan fingerprint density at radius 3 is 2.65 bits per heavy atom. The second-order valence-corrected chi connectivity index (χ2v) is 7.10. The van der Waals surface area contributed by atoms with Gasteiger partial charge in [-0.2, -0.15) is 0 Å². The monoisotopic (exact) mass is 318 g/mol. The van der Waals surface area contributed by atoms with Gasteiger partial charge in [0.25, 0.3) is 0 Å². The highest BCUT2D eigenvalue weighted by molar-refractivity contribution is 5.27. The van der Waals surface area contributed by atoms with Crippen molar-refractivity contribution in [1.82, 2.24) is 9.80 Å². The molecule has 1 aromatic carbocycles. The van der Waals surface area contributed by atoms with Gasteiger partial charge in [-0.1, -0.05) is 31.4 Å². The van der Waals surface area contributed by atoms with E-state index in [0.29, 0.717) is 11.8 Å². The minimum absolute atomic E-state index is 0.272. The summed E-state index contributed by atoms with van der Waals surface area (Å²) in [5.74, 6) is 0.343. The molecule has 0 amide bonds. The quantitative estimate of drug-likeness (QED) is 0.876. The minimum atomic E-state index is 0.272. The van der Waals surface area contributed by atoms with E-state index in [0.717, 1.165) is 38.6 Å². The molecule has 2 N–H and O–H groups in total. The Bertz CT molecular complexity index is 488. The summed E-state index contributed by atoms with van der Waals surface area (Å²) >= 11 is 0. The van der Waals surface area contributed by atoms with Crippen LogP contribution in [-0.4, -0.2) is 58.3 Å². The second-order valence-electron chi connectivity index (χ2n) is 7.10. The summed E-state index contributed by atoms with van der Waals surface area (Å²) in [6.07, 6.45) is 7.63. The molecule has 1 unspecified atom stereocenters. The van der Waals surface area contributed by atoms with Gasteiger partial charge in [0.1, 0.15) is 5.75 Å². The summed E-state index contributed by atoms with van der Waals surface area (Å²) in [5.41, 5.74) is 1.17. The fourth-order valence-corrected chi connectivity index (χ4v) is 4.29. The Hall–Kier alpha value is -1.10. The highest BCUT2D eigenvalue weighted by Crippen LogP contribution is 2.27. The molecule has 1 saturated carbocycles. The number of aromatic hydroxyl groups is 1. The Kier molecular flexibility index (Phi) is 5.92. The average Bonchev–Trinajstić information content (AvgIpc) is 2.56. The standard InChI is InChI=1S/C19H30N2O2/c22-12-9-18-15-20(14-16-5-4-8-19(23)13-16)10-11-21(18)17-6-2-1-3-7-17/h4-5,8,13,17-18,22-23H,1-3,6-7,9-12,14-15H2. The number of phenols is 1. The van der Waals surface area contributed by atoms with Crippen LogP contribution < -0.4 is 0 Å². The number of piperazine rings is 1. The largest absolute Gasteiger partial charge is 0.508 e. The van der Waals surface area contributed by atoms with Crippen molar-refractivity contribution in [1.29, 1.82) is 0 Å². The third kappa shape index (κ3) is 4.46. The van der Waals surface area contributed by atoms with Gasteiger partial charge in [0.15, 0.2) is 0 Å². The van der Waals surface area contributed by atoms with Crippen molar-refractivity contribution in [2.75, 3.05) is 26.2 Å². The highest BCUT2D eigenvalue weighted by Gasteiger charge is 2.32. The molecule has 4 heteroatoms. The van der Waals surface area contributed by atoms with Crippen molar-refractivity contribution in [3.63, 3.8) is 0 Å². The van der Waals surface area contributed by atoms with Crippen molar-refractivity contribution in [3.8, 4) is 5.75 Å². The van der Waals surface area contributed by atoms with E-state index in [9.17, 15) is 10.2 Å². The van der Waals surface area contributed by atoms with Crippen molar-refractivity contribution in [2.45, 2.75) is 57.2 Å². The van der Waals surface area contributed by atoms with Crippen molar-refractivity contribution >= 4 is 0 Å². The summed E-state index contributed by atoms with van der Waals surface area (Å²) in [6, 6.07) is 8.76. The first-order valence-electron chi connectivity index (χ1n) is 9.13. The first-order chi connectivity index (χ1) is 11.3. The molecule has 4 nitrogen and oxygen atoms in total. The van der Waals surface area contributed by atoms with E-state index in [1.54, 1.807) is 6.07 Å². The van der Waals surface area contributed by atoms with E-state index >= 15 is 0 Å². The van der Waals surface area contributed by atoms with Gasteiger partial charge in [-0.3, -0.25) is 9.80 Å². The molecule has 128 valence electrons. The number of aliphatic hydroxyl groups excluding tert-OH is 1. The van der Waals surface area contributed by atoms with Gasteiger partial charge in [-0.25, -0.2) is 0 Å². The second kappa shape index (κ2) is 8.13. The molecular weight excluding hydrogens is 288 g/mol. The maximum Gasteiger partial charge on any atom is 0.115 e. The third-order valence-electron chi connectivity index (χ3n) is 5.44. The Morgan fingerprint density at radius 1 is 1.09 bits per heavy atom. The molecule has 2 aliphatic rings. The van der Waals surface area contributed by atoms with Gasteiger partial charge in [0, 0.05) is 44.9 Å². The van der Waals surface area contributed by atoms with Crippen LogP contribution in [0.2, 0.25) is 0 Å². The summed E-state index contributed by atoms with van der Waals surface area (Å²) in [4.78, 5) is 5.14. The highest BCUT2D eigenvalue weighted by atomic mass is 16.3. The summed E-state index contributed by atoms with van der Waals surface area (Å²) in [7, 11) is 0. The van der Waals surface area contributed by atoms with Crippen LogP contribution in [0.4, 0.5) is 0 Å². The molecule has 1 atom stereocenters. The fourth-order valence-electron chi connectivity index (χ4n) is 4.29. The molecule has 3 rings (SSSR count). The van der Waals surface area contributed by atoms with Gasteiger partial charge in [0.2, 0.25) is 0 Å². The summed E-state index contributed by atoms with van der Waals surface area (Å²) in [6.45, 7) is 4.36. The molecule has 0 radical (unpaired) electrons. The average molecular weight is 318 g/mol. The Balaban J connectivity index is 1.61. The van der Waals surface area contributed by atoms with Gasteiger partial charge < -0.3 is 10.2 Å². The van der Waals surface area contributed by atoms with Gasteiger partial charge in [-0.15, -0.1) is 0 Å². The molecule has 1 aliphatic heterocycles. The van der Waals surface area contributed by atoms with E-state index < -0.39 is 0 Å². The van der Waals surface area contributed by atoms with Gasteiger partial charge in [0.05, 0.1) is 0 Å². The first kappa shape index (κ1) is 16.7. The lowest BCUT2D eigenvalue weighted by atomic mass is 9.91. The number of aliphatic hydroxyl groups is 1. The zero-order valence-electron chi connectivity index (χ0n) is 14.0. The third-order valence-corrected chi connectivity index (χ3v) is 5.44. The lowest BCUT2D eigenvalue weighted by Crippen LogP contribution is -2.56. The fraction of sp³-hybridized carbons (Fsp3) is 0.684. The van der Waals surface area contributed by atoms with Gasteiger partial charge in [-0.05, 0) is 37.0 Å².